The van der Waals surface area contributed by atoms with Gasteiger partial charge in [0.1, 0.15) is 12.6 Å². The van der Waals surface area contributed by atoms with E-state index < -0.39 is 12.1 Å². The average Bonchev–Trinajstić information content (AvgIpc) is 3.18. The number of ether oxygens (including phenoxy) is 1. The lowest BCUT2D eigenvalue weighted by atomic mass is 9.84. The van der Waals surface area contributed by atoms with Gasteiger partial charge in [0.15, 0.2) is 0 Å². The van der Waals surface area contributed by atoms with Crippen LogP contribution < -0.4 is 0 Å². The third-order valence-electron chi connectivity index (χ3n) is 7.30. The molecule has 0 radical (unpaired) electrons. The van der Waals surface area contributed by atoms with Crippen LogP contribution in [0.4, 0.5) is 0 Å². The molecule has 1 aromatic carbocycles. The first-order valence-corrected chi connectivity index (χ1v) is 13.4. The minimum atomic E-state index is -1.03. The Morgan fingerprint density at radius 3 is 2.49 bits per heavy atom. The molecular formula is C26H34ClN3O4S. The van der Waals surface area contributed by atoms with Crippen molar-refractivity contribution in [1.82, 2.24) is 14.8 Å². The van der Waals surface area contributed by atoms with Gasteiger partial charge in [0.2, 0.25) is 0 Å². The molecule has 2 heterocycles. The third kappa shape index (κ3) is 6.42. The second-order valence-corrected chi connectivity index (χ2v) is 11.5. The third-order valence-corrected chi connectivity index (χ3v) is 8.79. The second kappa shape index (κ2) is 11.4. The lowest BCUT2D eigenvalue weighted by Crippen LogP contribution is -2.59. The number of carbonyl (C=O) groups is 2. The van der Waals surface area contributed by atoms with Gasteiger partial charge in [-0.1, -0.05) is 23.7 Å². The number of morpholine rings is 1. The minimum absolute atomic E-state index is 0.149. The first-order valence-electron chi connectivity index (χ1n) is 12.2. The van der Waals surface area contributed by atoms with Gasteiger partial charge in [0.05, 0.1) is 17.3 Å². The molecule has 2 atom stereocenters. The fourth-order valence-corrected chi connectivity index (χ4v) is 6.45. The van der Waals surface area contributed by atoms with Crippen molar-refractivity contribution in [3.8, 4) is 0 Å². The number of nitrogens with zero attached hydrogens (tertiary/aromatic N) is 3. The molecule has 1 aromatic heterocycles. The monoisotopic (exact) mass is 519 g/mol. The zero-order valence-corrected chi connectivity index (χ0v) is 22.1. The molecule has 1 N–H and O–H groups in total. The van der Waals surface area contributed by atoms with E-state index in [1.807, 2.05) is 35.6 Å². The van der Waals surface area contributed by atoms with E-state index in [4.69, 9.17) is 26.4 Å². The Bertz CT molecular complexity index is 1020. The van der Waals surface area contributed by atoms with E-state index in [9.17, 15) is 9.59 Å². The standard InChI is InChI=1S/C26H34ClN3O4S/c1-16-17(2)35-25(28-16)19-6-10-21(11-7-19)30-13-23(26(33)29(3)14-24(31)32)34-15-22(30)12-18-4-8-20(27)9-5-18/h4-5,8-9,19,21-23H,6-7,10-15H2,1-3H3,(H,31,32)/t19?,21?,22-,23+/m0/s1. The number of aryl methyl sites for hydroxylation is 2. The van der Waals surface area contributed by atoms with Crippen molar-refractivity contribution < 1.29 is 19.4 Å². The number of rotatable bonds is 7. The summed E-state index contributed by atoms with van der Waals surface area (Å²) in [4.78, 5) is 33.8. The maximum atomic E-state index is 12.9. The Labute approximate surface area is 216 Å². The van der Waals surface area contributed by atoms with Crippen LogP contribution in [0.2, 0.25) is 5.02 Å². The molecule has 9 heteroatoms. The molecule has 2 aromatic rings. The number of carboxylic acid groups (broad SMARTS) is 1. The number of halogens is 1. The fraction of sp³-hybridized carbons (Fsp3) is 0.577. The maximum Gasteiger partial charge on any atom is 0.323 e. The van der Waals surface area contributed by atoms with Gasteiger partial charge >= 0.3 is 5.97 Å². The van der Waals surface area contributed by atoms with Crippen molar-refractivity contribution in [2.75, 3.05) is 26.7 Å². The summed E-state index contributed by atoms with van der Waals surface area (Å²) in [5.74, 6) is -0.802. The van der Waals surface area contributed by atoms with Crippen molar-refractivity contribution in [2.45, 2.75) is 70.1 Å². The number of hydrogen-bond donors (Lipinski definition) is 1. The van der Waals surface area contributed by atoms with Gasteiger partial charge in [0.25, 0.3) is 5.91 Å². The normalized spacial score (nSPS) is 25.4. The van der Waals surface area contributed by atoms with Crippen LogP contribution in [0, 0.1) is 13.8 Å². The quantitative estimate of drug-likeness (QED) is 0.587. The molecule has 2 aliphatic rings. The molecule has 4 rings (SSSR count). The van der Waals surface area contributed by atoms with Crippen LogP contribution in [0.1, 0.15) is 52.7 Å². The summed E-state index contributed by atoms with van der Waals surface area (Å²) < 4.78 is 6.02. The molecule has 1 aliphatic heterocycles. The molecule has 7 nitrogen and oxygen atoms in total. The lowest BCUT2D eigenvalue weighted by Gasteiger charge is -2.46. The predicted octanol–water partition coefficient (Wildman–Crippen LogP) is 4.29. The smallest absolute Gasteiger partial charge is 0.323 e. The molecule has 1 saturated heterocycles. The van der Waals surface area contributed by atoms with E-state index in [2.05, 4.69) is 18.7 Å². The van der Waals surface area contributed by atoms with Crippen LogP contribution in [-0.4, -0.2) is 76.7 Å². The van der Waals surface area contributed by atoms with E-state index in [0.29, 0.717) is 30.1 Å². The number of aliphatic carboxylic acids is 1. The van der Waals surface area contributed by atoms with Crippen molar-refractivity contribution in [3.05, 3.63) is 50.4 Å². The molecule has 190 valence electrons. The topological polar surface area (TPSA) is 83.0 Å². The van der Waals surface area contributed by atoms with Crippen molar-refractivity contribution >= 4 is 34.8 Å². The molecule has 1 aliphatic carbocycles. The van der Waals surface area contributed by atoms with Gasteiger partial charge in [-0.15, -0.1) is 11.3 Å². The number of carbonyl (C=O) groups excluding carboxylic acids is 1. The molecule has 35 heavy (non-hydrogen) atoms. The van der Waals surface area contributed by atoms with Crippen LogP contribution >= 0.6 is 22.9 Å². The molecule has 0 spiro atoms. The van der Waals surface area contributed by atoms with Crippen LogP contribution in [0.5, 0.6) is 0 Å². The highest BCUT2D eigenvalue weighted by Crippen LogP contribution is 2.38. The highest BCUT2D eigenvalue weighted by molar-refractivity contribution is 7.11. The summed E-state index contributed by atoms with van der Waals surface area (Å²) in [6.07, 6.45) is 4.42. The highest BCUT2D eigenvalue weighted by Gasteiger charge is 2.39. The van der Waals surface area contributed by atoms with Crippen LogP contribution in [-0.2, 0) is 20.7 Å². The Kier molecular flexibility index (Phi) is 8.47. The van der Waals surface area contributed by atoms with Crippen LogP contribution in [0.3, 0.4) is 0 Å². The first-order chi connectivity index (χ1) is 16.7. The number of aromatic nitrogens is 1. The van der Waals surface area contributed by atoms with Gasteiger partial charge in [-0.2, -0.15) is 0 Å². The molecular weight excluding hydrogens is 486 g/mol. The van der Waals surface area contributed by atoms with E-state index in [0.717, 1.165) is 37.8 Å². The Morgan fingerprint density at radius 2 is 1.89 bits per heavy atom. The SMILES string of the molecule is Cc1nc(C2CCC(N3C[C@H](C(=O)N(C)CC(=O)O)OC[C@@H]3Cc3ccc(Cl)cc3)CC2)sc1C. The summed E-state index contributed by atoms with van der Waals surface area (Å²) >= 11 is 7.90. The number of amides is 1. The second-order valence-electron chi connectivity index (χ2n) is 9.79. The van der Waals surface area contributed by atoms with E-state index in [1.165, 1.54) is 27.4 Å². The van der Waals surface area contributed by atoms with E-state index in [1.54, 1.807) is 0 Å². The fourth-order valence-electron chi connectivity index (χ4n) is 5.23. The van der Waals surface area contributed by atoms with Crippen molar-refractivity contribution in [2.24, 2.45) is 0 Å². The Hall–Kier alpha value is -2.00. The molecule has 0 unspecified atom stereocenters. The summed E-state index contributed by atoms with van der Waals surface area (Å²) in [5.41, 5.74) is 2.32. The number of benzene rings is 1. The van der Waals surface area contributed by atoms with Crippen LogP contribution in [0.25, 0.3) is 0 Å². The number of carboxylic acids is 1. The number of thiazole rings is 1. The first kappa shape index (κ1) is 26.1. The number of hydrogen-bond acceptors (Lipinski definition) is 6. The summed E-state index contributed by atoms with van der Waals surface area (Å²) in [5, 5.41) is 11.1. The van der Waals surface area contributed by atoms with Crippen LogP contribution in [0.15, 0.2) is 24.3 Å². The predicted molar refractivity (Wildman–Crippen MR) is 137 cm³/mol. The molecule has 1 saturated carbocycles. The molecule has 2 fully saturated rings. The van der Waals surface area contributed by atoms with Gasteiger partial charge in [-0.25, -0.2) is 4.98 Å². The summed E-state index contributed by atoms with van der Waals surface area (Å²) in [6.45, 7) is 4.80. The van der Waals surface area contributed by atoms with Gasteiger partial charge in [0, 0.05) is 41.5 Å². The highest BCUT2D eigenvalue weighted by atomic mass is 35.5. The maximum absolute atomic E-state index is 12.9. The minimum Gasteiger partial charge on any atom is -0.480 e. The largest absolute Gasteiger partial charge is 0.480 e. The molecule has 0 bridgehead atoms. The van der Waals surface area contributed by atoms with Crippen molar-refractivity contribution in [3.63, 3.8) is 0 Å². The van der Waals surface area contributed by atoms with E-state index >= 15 is 0 Å². The van der Waals surface area contributed by atoms with Gasteiger partial charge in [-0.3, -0.25) is 14.5 Å². The van der Waals surface area contributed by atoms with E-state index in [-0.39, 0.29) is 18.5 Å². The van der Waals surface area contributed by atoms with Crippen molar-refractivity contribution in [1.29, 1.82) is 0 Å². The van der Waals surface area contributed by atoms with Gasteiger partial charge < -0.3 is 14.7 Å². The lowest BCUT2D eigenvalue weighted by molar-refractivity contribution is -0.158. The Morgan fingerprint density at radius 1 is 1.20 bits per heavy atom. The zero-order chi connectivity index (χ0) is 25.1. The molecule has 1 amide bonds. The summed E-state index contributed by atoms with van der Waals surface area (Å²) in [7, 11) is 1.52. The number of likely N-dealkylation sites (N-methyl/N-ethyl adjacent to an activating group) is 1. The van der Waals surface area contributed by atoms with Gasteiger partial charge in [-0.05, 0) is 63.6 Å². The summed E-state index contributed by atoms with van der Waals surface area (Å²) in [6, 6.07) is 8.40. The zero-order valence-electron chi connectivity index (χ0n) is 20.6. The Balaban J connectivity index is 1.47. The average molecular weight is 520 g/mol.